The molecule has 0 amide bonds. The average molecular weight is 276 g/mol. The molecule has 0 fully saturated rings. The lowest BCUT2D eigenvalue weighted by Gasteiger charge is -2.26. The number of aliphatic hydroxyl groups is 1. The molecule has 0 aliphatic rings. The third-order valence-electron chi connectivity index (χ3n) is 3.61. The van der Waals surface area contributed by atoms with Gasteiger partial charge in [0.1, 0.15) is 5.82 Å². The highest BCUT2D eigenvalue weighted by Gasteiger charge is 2.29. The zero-order chi connectivity index (χ0) is 14.8. The molecular weight excluding hydrogens is 255 g/mol. The molecule has 0 radical (unpaired) electrons. The lowest BCUT2D eigenvalue weighted by molar-refractivity contribution is 0.0313. The van der Waals surface area contributed by atoms with Crippen LogP contribution in [-0.4, -0.2) is 14.9 Å². The molecule has 2 aromatic rings. The van der Waals surface area contributed by atoms with Crippen molar-refractivity contribution >= 4 is 0 Å². The van der Waals surface area contributed by atoms with E-state index in [1.807, 2.05) is 23.9 Å². The number of rotatable bonds is 5. The van der Waals surface area contributed by atoms with Gasteiger partial charge in [0.05, 0.1) is 11.3 Å². The quantitative estimate of drug-likeness (QED) is 0.908. The molecule has 4 heteroatoms. The van der Waals surface area contributed by atoms with Crippen LogP contribution in [0.2, 0.25) is 0 Å². The van der Waals surface area contributed by atoms with Crippen LogP contribution in [0.25, 0.3) is 0 Å². The molecule has 108 valence electrons. The van der Waals surface area contributed by atoms with Gasteiger partial charge in [-0.05, 0) is 44.0 Å². The summed E-state index contributed by atoms with van der Waals surface area (Å²) in [7, 11) is 0. The smallest absolute Gasteiger partial charge is 0.123 e. The number of benzene rings is 1. The summed E-state index contributed by atoms with van der Waals surface area (Å²) in [6.45, 7) is 6.00. The van der Waals surface area contributed by atoms with E-state index < -0.39 is 5.60 Å². The normalized spacial score (nSPS) is 14.5. The molecule has 3 nitrogen and oxygen atoms in total. The van der Waals surface area contributed by atoms with E-state index in [2.05, 4.69) is 18.9 Å². The Bertz CT molecular complexity index is 579. The summed E-state index contributed by atoms with van der Waals surface area (Å²) in [4.78, 5) is 0. The predicted octanol–water partition coefficient (Wildman–Crippen LogP) is 3.44. The minimum absolute atomic E-state index is 0.285. The molecule has 1 N–H and O–H groups in total. The largest absolute Gasteiger partial charge is 0.385 e. The van der Waals surface area contributed by atoms with E-state index in [-0.39, 0.29) is 11.9 Å². The van der Waals surface area contributed by atoms with Crippen molar-refractivity contribution in [3.05, 3.63) is 53.6 Å². The molecule has 1 unspecified atom stereocenters. The van der Waals surface area contributed by atoms with Gasteiger partial charge in [-0.25, -0.2) is 4.39 Å². The first-order valence-electron chi connectivity index (χ1n) is 6.97. The van der Waals surface area contributed by atoms with Gasteiger partial charge in [0.15, 0.2) is 0 Å². The number of aromatic nitrogens is 2. The predicted molar refractivity (Wildman–Crippen MR) is 76.9 cm³/mol. The van der Waals surface area contributed by atoms with E-state index in [4.69, 9.17) is 0 Å². The summed E-state index contributed by atoms with van der Waals surface area (Å²) in [5.74, 6) is -0.331. The van der Waals surface area contributed by atoms with Crippen molar-refractivity contribution in [1.29, 1.82) is 0 Å². The molecule has 0 saturated carbocycles. The second-order valence-corrected chi connectivity index (χ2v) is 5.45. The van der Waals surface area contributed by atoms with E-state index in [0.717, 1.165) is 5.69 Å². The van der Waals surface area contributed by atoms with Crippen molar-refractivity contribution in [2.45, 2.75) is 45.3 Å². The fraction of sp³-hybridized carbons (Fsp3) is 0.438. The van der Waals surface area contributed by atoms with E-state index in [0.29, 0.717) is 18.4 Å². The van der Waals surface area contributed by atoms with Gasteiger partial charge in [0, 0.05) is 18.7 Å². The Morgan fingerprint density at radius 1 is 1.35 bits per heavy atom. The molecule has 0 saturated heterocycles. The molecule has 0 bridgehead atoms. The molecule has 0 aliphatic heterocycles. The van der Waals surface area contributed by atoms with Gasteiger partial charge in [-0.15, -0.1) is 0 Å². The first kappa shape index (κ1) is 14.7. The van der Waals surface area contributed by atoms with E-state index in [9.17, 15) is 9.50 Å². The standard InChI is InChI=1S/C16H21FN2O/c1-4-16(20,13-6-5-7-14(17)10-13)11-15-8-9-19(18-15)12(2)3/h5-10,12,20H,4,11H2,1-3H3. The molecule has 1 atom stereocenters. The van der Waals surface area contributed by atoms with Crippen LogP contribution < -0.4 is 0 Å². The first-order valence-corrected chi connectivity index (χ1v) is 6.97. The Hall–Kier alpha value is -1.68. The van der Waals surface area contributed by atoms with Crippen LogP contribution in [0.1, 0.15) is 44.5 Å². The van der Waals surface area contributed by atoms with Crippen LogP contribution in [0.4, 0.5) is 4.39 Å². The minimum atomic E-state index is -1.09. The third-order valence-corrected chi connectivity index (χ3v) is 3.61. The molecule has 2 rings (SSSR count). The lowest BCUT2D eigenvalue weighted by atomic mass is 9.87. The maximum Gasteiger partial charge on any atom is 0.123 e. The summed E-state index contributed by atoms with van der Waals surface area (Å²) < 4.78 is 15.2. The molecule has 1 aromatic carbocycles. The van der Waals surface area contributed by atoms with Crippen molar-refractivity contribution in [1.82, 2.24) is 9.78 Å². The minimum Gasteiger partial charge on any atom is -0.385 e. The van der Waals surface area contributed by atoms with E-state index >= 15 is 0 Å². The van der Waals surface area contributed by atoms with Gasteiger partial charge >= 0.3 is 0 Å². The van der Waals surface area contributed by atoms with Crippen LogP contribution in [-0.2, 0) is 12.0 Å². The number of halogens is 1. The molecule has 0 aliphatic carbocycles. The van der Waals surface area contributed by atoms with E-state index in [1.54, 1.807) is 12.1 Å². The number of hydrogen-bond donors (Lipinski definition) is 1. The number of hydrogen-bond acceptors (Lipinski definition) is 2. The molecule has 1 heterocycles. The van der Waals surface area contributed by atoms with Gasteiger partial charge < -0.3 is 5.11 Å². The SMILES string of the molecule is CCC(O)(Cc1ccn(C(C)C)n1)c1cccc(F)c1. The fourth-order valence-electron chi connectivity index (χ4n) is 2.27. The Balaban J connectivity index is 2.26. The summed E-state index contributed by atoms with van der Waals surface area (Å²) >= 11 is 0. The Labute approximate surface area is 119 Å². The van der Waals surface area contributed by atoms with Crippen LogP contribution in [0, 0.1) is 5.82 Å². The zero-order valence-corrected chi connectivity index (χ0v) is 12.2. The molecule has 0 spiro atoms. The van der Waals surface area contributed by atoms with Gasteiger partial charge in [-0.1, -0.05) is 19.1 Å². The molecule has 1 aromatic heterocycles. The maximum absolute atomic E-state index is 13.4. The highest BCUT2D eigenvalue weighted by molar-refractivity contribution is 5.25. The lowest BCUT2D eigenvalue weighted by Crippen LogP contribution is -2.28. The highest BCUT2D eigenvalue weighted by Crippen LogP contribution is 2.29. The van der Waals surface area contributed by atoms with Crippen LogP contribution in [0.5, 0.6) is 0 Å². The Morgan fingerprint density at radius 2 is 2.10 bits per heavy atom. The summed E-state index contributed by atoms with van der Waals surface area (Å²) in [5, 5.41) is 15.3. The van der Waals surface area contributed by atoms with Crippen molar-refractivity contribution in [3.63, 3.8) is 0 Å². The third kappa shape index (κ3) is 3.07. The first-order chi connectivity index (χ1) is 9.44. The van der Waals surface area contributed by atoms with Gasteiger partial charge in [-0.2, -0.15) is 5.10 Å². The van der Waals surface area contributed by atoms with Crippen LogP contribution in [0.15, 0.2) is 36.5 Å². The maximum atomic E-state index is 13.4. The molecule has 20 heavy (non-hydrogen) atoms. The van der Waals surface area contributed by atoms with E-state index in [1.165, 1.54) is 12.1 Å². The van der Waals surface area contributed by atoms with Crippen molar-refractivity contribution in [3.8, 4) is 0 Å². The highest BCUT2D eigenvalue weighted by atomic mass is 19.1. The fourth-order valence-corrected chi connectivity index (χ4v) is 2.27. The van der Waals surface area contributed by atoms with Crippen molar-refractivity contribution in [2.75, 3.05) is 0 Å². The van der Waals surface area contributed by atoms with Crippen LogP contribution >= 0.6 is 0 Å². The summed E-state index contributed by atoms with van der Waals surface area (Å²) in [5.41, 5.74) is 0.324. The number of nitrogens with zero attached hydrogens (tertiary/aromatic N) is 2. The summed E-state index contributed by atoms with van der Waals surface area (Å²) in [6, 6.07) is 8.34. The summed E-state index contributed by atoms with van der Waals surface area (Å²) in [6.07, 6.45) is 2.79. The van der Waals surface area contributed by atoms with Gasteiger partial charge in [-0.3, -0.25) is 4.68 Å². The second-order valence-electron chi connectivity index (χ2n) is 5.45. The topological polar surface area (TPSA) is 38.0 Å². The molecular formula is C16H21FN2O. The van der Waals surface area contributed by atoms with Crippen molar-refractivity contribution < 1.29 is 9.50 Å². The van der Waals surface area contributed by atoms with Gasteiger partial charge in [0.2, 0.25) is 0 Å². The van der Waals surface area contributed by atoms with Crippen molar-refractivity contribution in [2.24, 2.45) is 0 Å². The zero-order valence-electron chi connectivity index (χ0n) is 12.2. The van der Waals surface area contributed by atoms with Gasteiger partial charge in [0.25, 0.3) is 0 Å². The Kier molecular flexibility index (Phi) is 4.23. The second kappa shape index (κ2) is 5.75. The monoisotopic (exact) mass is 276 g/mol. The average Bonchev–Trinajstić information content (AvgIpc) is 2.87. The van der Waals surface area contributed by atoms with Crippen LogP contribution in [0.3, 0.4) is 0 Å². The Morgan fingerprint density at radius 3 is 2.65 bits per heavy atom.